The Morgan fingerprint density at radius 1 is 1.30 bits per heavy atom. The number of piperazine rings is 1. The van der Waals surface area contributed by atoms with E-state index in [-0.39, 0.29) is 16.8 Å². The smallest absolute Gasteiger partial charge is 0.246 e. The van der Waals surface area contributed by atoms with Crippen LogP contribution in [-0.2, 0) is 14.8 Å². The Morgan fingerprint density at radius 3 is 2.70 bits per heavy atom. The summed E-state index contributed by atoms with van der Waals surface area (Å²) in [5.74, 6) is 0.141. The monoisotopic (exact) mass is 298 g/mol. The van der Waals surface area contributed by atoms with Crippen LogP contribution >= 0.6 is 0 Å². The first-order chi connectivity index (χ1) is 9.41. The molecule has 1 unspecified atom stereocenters. The Hall–Kier alpha value is -1.41. The standard InChI is InChI=1S/C12H18N4O3S/c1-8-12(9(2)14-13-8)20(18,19)15-5-6-16-10(7-15)3-4-11(16)17/h10H,3-7H2,1-2H3,(H,13,14). The van der Waals surface area contributed by atoms with Gasteiger partial charge in [0.05, 0.1) is 11.4 Å². The molecule has 3 rings (SSSR count). The number of rotatable bonds is 2. The highest BCUT2D eigenvalue weighted by Crippen LogP contribution is 2.28. The molecule has 2 aliphatic heterocycles. The van der Waals surface area contributed by atoms with E-state index in [1.165, 1.54) is 4.31 Å². The van der Waals surface area contributed by atoms with Crippen molar-refractivity contribution in [3.8, 4) is 0 Å². The Bertz CT molecular complexity index is 632. The summed E-state index contributed by atoms with van der Waals surface area (Å²) in [4.78, 5) is 13.7. The summed E-state index contributed by atoms with van der Waals surface area (Å²) >= 11 is 0. The van der Waals surface area contributed by atoms with E-state index in [0.717, 1.165) is 6.42 Å². The van der Waals surface area contributed by atoms with Crippen molar-refractivity contribution in [1.29, 1.82) is 0 Å². The number of aromatic amines is 1. The summed E-state index contributed by atoms with van der Waals surface area (Å²) in [6.07, 6.45) is 1.27. The van der Waals surface area contributed by atoms with Crippen LogP contribution in [0.2, 0.25) is 0 Å². The van der Waals surface area contributed by atoms with Crippen LogP contribution in [0.4, 0.5) is 0 Å². The second-order valence-electron chi connectivity index (χ2n) is 5.41. The van der Waals surface area contributed by atoms with Crippen LogP contribution in [0.15, 0.2) is 4.90 Å². The van der Waals surface area contributed by atoms with Crippen LogP contribution in [-0.4, -0.2) is 59.4 Å². The SMILES string of the molecule is Cc1n[nH]c(C)c1S(=O)(=O)N1CCN2C(=O)CCC2C1. The maximum absolute atomic E-state index is 12.7. The molecule has 0 spiro atoms. The van der Waals surface area contributed by atoms with Crippen LogP contribution < -0.4 is 0 Å². The maximum Gasteiger partial charge on any atom is 0.246 e. The molecular weight excluding hydrogens is 280 g/mol. The third-order valence-corrected chi connectivity index (χ3v) is 6.24. The third-order valence-electron chi connectivity index (χ3n) is 4.12. The second-order valence-corrected chi connectivity index (χ2v) is 7.28. The lowest BCUT2D eigenvalue weighted by Crippen LogP contribution is -2.53. The van der Waals surface area contributed by atoms with Gasteiger partial charge >= 0.3 is 0 Å². The average molecular weight is 298 g/mol. The molecule has 1 amide bonds. The van der Waals surface area contributed by atoms with Crippen molar-refractivity contribution in [2.24, 2.45) is 0 Å². The number of H-pyrrole nitrogens is 1. The predicted octanol–water partition coefficient (Wildman–Crippen LogP) is 0.0218. The molecule has 0 saturated carbocycles. The highest BCUT2D eigenvalue weighted by molar-refractivity contribution is 7.89. The van der Waals surface area contributed by atoms with Gasteiger partial charge in [0.2, 0.25) is 15.9 Å². The van der Waals surface area contributed by atoms with Crippen molar-refractivity contribution in [2.75, 3.05) is 19.6 Å². The topological polar surface area (TPSA) is 86.4 Å². The summed E-state index contributed by atoms with van der Waals surface area (Å²) in [6, 6.07) is 0.0264. The van der Waals surface area contributed by atoms with Gasteiger partial charge in [-0.1, -0.05) is 0 Å². The number of hydrogen-bond acceptors (Lipinski definition) is 4. The molecule has 1 atom stereocenters. The number of nitrogens with zero attached hydrogens (tertiary/aromatic N) is 3. The number of hydrogen-bond donors (Lipinski definition) is 1. The fourth-order valence-electron chi connectivity index (χ4n) is 3.10. The van der Waals surface area contributed by atoms with Crippen LogP contribution in [0.3, 0.4) is 0 Å². The van der Waals surface area contributed by atoms with Crippen LogP contribution in [0, 0.1) is 13.8 Å². The summed E-state index contributed by atoms with van der Waals surface area (Å²) < 4.78 is 26.9. The first-order valence-electron chi connectivity index (χ1n) is 6.72. The molecule has 2 aliphatic rings. The minimum atomic E-state index is -3.53. The lowest BCUT2D eigenvalue weighted by Gasteiger charge is -2.36. The Kier molecular flexibility index (Phi) is 3.09. The van der Waals surface area contributed by atoms with Gasteiger partial charge in [-0.25, -0.2) is 8.42 Å². The quantitative estimate of drug-likeness (QED) is 0.834. The van der Waals surface area contributed by atoms with Gasteiger partial charge in [0.25, 0.3) is 0 Å². The number of carbonyl (C=O) groups is 1. The van der Waals surface area contributed by atoms with Gasteiger partial charge in [-0.05, 0) is 20.3 Å². The van der Waals surface area contributed by atoms with Crippen molar-refractivity contribution in [3.05, 3.63) is 11.4 Å². The van der Waals surface area contributed by atoms with Gasteiger partial charge < -0.3 is 4.90 Å². The van der Waals surface area contributed by atoms with E-state index in [1.807, 2.05) is 0 Å². The molecule has 1 N–H and O–H groups in total. The van der Waals surface area contributed by atoms with E-state index in [0.29, 0.717) is 37.4 Å². The van der Waals surface area contributed by atoms with Crippen LogP contribution in [0.5, 0.6) is 0 Å². The van der Waals surface area contributed by atoms with E-state index >= 15 is 0 Å². The highest BCUT2D eigenvalue weighted by Gasteiger charge is 2.40. The summed E-state index contributed by atoms with van der Waals surface area (Å²) in [5.41, 5.74) is 1.06. The van der Waals surface area contributed by atoms with Gasteiger partial charge in [0.1, 0.15) is 4.90 Å². The molecule has 110 valence electrons. The van der Waals surface area contributed by atoms with Crippen molar-refractivity contribution >= 4 is 15.9 Å². The normalized spacial score (nSPS) is 24.2. The highest BCUT2D eigenvalue weighted by atomic mass is 32.2. The minimum Gasteiger partial charge on any atom is -0.337 e. The molecule has 1 aromatic rings. The van der Waals surface area contributed by atoms with E-state index in [1.54, 1.807) is 18.7 Å². The zero-order valence-corrected chi connectivity index (χ0v) is 12.4. The van der Waals surface area contributed by atoms with E-state index in [9.17, 15) is 13.2 Å². The van der Waals surface area contributed by atoms with Crippen molar-refractivity contribution in [1.82, 2.24) is 19.4 Å². The molecular formula is C12H18N4O3S. The first kappa shape index (κ1) is 13.6. The lowest BCUT2D eigenvalue weighted by molar-refractivity contribution is -0.130. The van der Waals surface area contributed by atoms with E-state index in [4.69, 9.17) is 0 Å². The van der Waals surface area contributed by atoms with Gasteiger partial charge in [-0.15, -0.1) is 0 Å². The molecule has 0 aromatic carbocycles. The zero-order chi connectivity index (χ0) is 14.5. The molecule has 2 saturated heterocycles. The summed E-state index contributed by atoms with van der Waals surface area (Å²) in [7, 11) is -3.53. The van der Waals surface area contributed by atoms with Crippen molar-refractivity contribution < 1.29 is 13.2 Å². The molecule has 0 aliphatic carbocycles. The number of carbonyl (C=O) groups excluding carboxylic acids is 1. The van der Waals surface area contributed by atoms with E-state index < -0.39 is 10.0 Å². The zero-order valence-electron chi connectivity index (χ0n) is 11.6. The van der Waals surface area contributed by atoms with Crippen molar-refractivity contribution in [3.63, 3.8) is 0 Å². The van der Waals surface area contributed by atoms with Gasteiger partial charge in [0, 0.05) is 32.1 Å². The summed E-state index contributed by atoms with van der Waals surface area (Å²) in [5, 5.41) is 6.68. The van der Waals surface area contributed by atoms with Crippen LogP contribution in [0.25, 0.3) is 0 Å². The fraction of sp³-hybridized carbons (Fsp3) is 0.667. The number of fused-ring (bicyclic) bond motifs is 1. The molecule has 0 bridgehead atoms. The van der Waals surface area contributed by atoms with E-state index in [2.05, 4.69) is 10.2 Å². The molecule has 7 nitrogen and oxygen atoms in total. The molecule has 8 heteroatoms. The third kappa shape index (κ3) is 1.94. The predicted molar refractivity (Wildman–Crippen MR) is 71.6 cm³/mol. The van der Waals surface area contributed by atoms with Gasteiger partial charge in [-0.2, -0.15) is 9.40 Å². The Labute approximate surface area is 118 Å². The second kappa shape index (κ2) is 4.56. The summed E-state index contributed by atoms with van der Waals surface area (Å²) in [6.45, 7) is 4.62. The molecule has 20 heavy (non-hydrogen) atoms. The molecule has 2 fully saturated rings. The molecule has 3 heterocycles. The molecule has 1 aromatic heterocycles. The van der Waals surface area contributed by atoms with Crippen LogP contribution in [0.1, 0.15) is 24.2 Å². The lowest BCUT2D eigenvalue weighted by atomic mass is 10.2. The first-order valence-corrected chi connectivity index (χ1v) is 8.16. The van der Waals surface area contributed by atoms with Gasteiger partial charge in [-0.3, -0.25) is 9.89 Å². The number of sulfonamides is 1. The number of amides is 1. The average Bonchev–Trinajstić information content (AvgIpc) is 2.93. The number of aromatic nitrogens is 2. The minimum absolute atomic E-state index is 0.0264. The largest absolute Gasteiger partial charge is 0.337 e. The number of aryl methyl sites for hydroxylation is 2. The van der Waals surface area contributed by atoms with Crippen molar-refractivity contribution in [2.45, 2.75) is 37.6 Å². The maximum atomic E-state index is 12.7. The Balaban J connectivity index is 1.88. The fourth-order valence-corrected chi connectivity index (χ4v) is 4.90. The Morgan fingerprint density at radius 2 is 2.05 bits per heavy atom. The number of nitrogens with one attached hydrogen (secondary N) is 1. The molecule has 0 radical (unpaired) electrons. The van der Waals surface area contributed by atoms with Gasteiger partial charge in [0.15, 0.2) is 0 Å².